The Bertz CT molecular complexity index is 344. The third kappa shape index (κ3) is 11.6. The Balaban J connectivity index is 4.10. The van der Waals surface area contributed by atoms with E-state index in [0.29, 0.717) is 0 Å². The molecule has 2 atom stereocenters. The van der Waals surface area contributed by atoms with Gasteiger partial charge in [0.1, 0.15) is 0 Å². The van der Waals surface area contributed by atoms with Crippen LogP contribution in [0.4, 0.5) is 0 Å². The number of unbranched alkanes of at least 4 members (excludes halogenated alkanes) is 2. The Morgan fingerprint density at radius 3 is 2.52 bits per heavy atom. The highest BCUT2D eigenvalue weighted by atomic mass is 31.2. The summed E-state index contributed by atoms with van der Waals surface area (Å²) in [5.41, 5.74) is 0. The van der Waals surface area contributed by atoms with Crippen molar-refractivity contribution in [1.82, 2.24) is 0 Å². The van der Waals surface area contributed by atoms with E-state index in [1.165, 1.54) is 0 Å². The van der Waals surface area contributed by atoms with Gasteiger partial charge in [0.25, 0.3) is 0 Å². The molecule has 2 unspecified atom stereocenters. The van der Waals surface area contributed by atoms with Crippen molar-refractivity contribution in [3.8, 4) is 0 Å². The minimum atomic E-state index is -4.03. The van der Waals surface area contributed by atoms with Gasteiger partial charge in [-0.2, -0.15) is 0 Å². The van der Waals surface area contributed by atoms with Crippen LogP contribution in [0.1, 0.15) is 46.0 Å². The minimum absolute atomic E-state index is 0.0137. The molecule has 0 bridgehead atoms. The summed E-state index contributed by atoms with van der Waals surface area (Å²) >= 11 is 0. The van der Waals surface area contributed by atoms with Crippen LogP contribution < -0.4 is 0 Å². The Kier molecular flexibility index (Phi) is 11.5. The number of ether oxygens (including phenoxy) is 1. The molecule has 0 saturated heterocycles. The zero-order valence-corrected chi connectivity index (χ0v) is 13.8. The number of esters is 1. The summed E-state index contributed by atoms with van der Waals surface area (Å²) in [6, 6.07) is 0. The highest BCUT2D eigenvalue weighted by Crippen LogP contribution is 2.43. The molecule has 0 fully saturated rings. The first-order valence-corrected chi connectivity index (χ1v) is 8.85. The monoisotopic (exact) mass is 322 g/mol. The predicted molar refractivity (Wildman–Crippen MR) is 80.8 cm³/mol. The van der Waals surface area contributed by atoms with Gasteiger partial charge in [-0.1, -0.05) is 39.7 Å². The highest BCUT2D eigenvalue weighted by Gasteiger charge is 2.23. The van der Waals surface area contributed by atoms with Crippen molar-refractivity contribution in [2.24, 2.45) is 5.92 Å². The topological polar surface area (TPSA) is 82.1 Å². The average Bonchev–Trinajstić information content (AvgIpc) is 2.46. The van der Waals surface area contributed by atoms with Crippen LogP contribution in [-0.4, -0.2) is 30.7 Å². The number of rotatable bonds is 13. The Labute approximate surface area is 127 Å². The average molecular weight is 322 g/mol. The molecule has 0 aliphatic carbocycles. The van der Waals surface area contributed by atoms with Gasteiger partial charge in [0.05, 0.1) is 19.8 Å². The van der Waals surface area contributed by atoms with Crippen LogP contribution in [-0.2, 0) is 23.1 Å². The largest absolute Gasteiger partial charge is 0.472 e. The minimum Gasteiger partial charge on any atom is -0.462 e. The summed E-state index contributed by atoms with van der Waals surface area (Å²) in [5, 5.41) is 0. The Morgan fingerprint density at radius 1 is 1.24 bits per heavy atom. The zero-order valence-electron chi connectivity index (χ0n) is 13.0. The van der Waals surface area contributed by atoms with Gasteiger partial charge < -0.3 is 9.63 Å². The third-order valence-electron chi connectivity index (χ3n) is 2.80. The third-order valence-corrected chi connectivity index (χ3v) is 3.78. The number of carbonyl (C=O) groups is 1. The van der Waals surface area contributed by atoms with Gasteiger partial charge in [0.15, 0.2) is 0 Å². The van der Waals surface area contributed by atoms with Gasteiger partial charge in [-0.05, 0) is 12.8 Å². The van der Waals surface area contributed by atoms with Gasteiger partial charge >= 0.3 is 13.8 Å². The molecule has 21 heavy (non-hydrogen) atoms. The van der Waals surface area contributed by atoms with E-state index in [-0.39, 0.29) is 25.7 Å². The second kappa shape index (κ2) is 11.9. The lowest BCUT2D eigenvalue weighted by Gasteiger charge is -2.18. The fourth-order valence-electron chi connectivity index (χ4n) is 1.65. The molecule has 1 N–H and O–H groups in total. The van der Waals surface area contributed by atoms with E-state index in [1.807, 2.05) is 13.8 Å². The summed E-state index contributed by atoms with van der Waals surface area (Å²) in [4.78, 5) is 20.6. The van der Waals surface area contributed by atoms with Crippen molar-refractivity contribution in [2.75, 3.05) is 19.8 Å². The molecular formula is C14H27O6P. The molecule has 0 aliphatic heterocycles. The van der Waals surface area contributed by atoms with Crippen LogP contribution in [0.3, 0.4) is 0 Å². The summed E-state index contributed by atoms with van der Waals surface area (Å²) < 4.78 is 26.4. The van der Waals surface area contributed by atoms with Crippen molar-refractivity contribution < 1.29 is 28.0 Å². The molecule has 124 valence electrons. The first-order valence-electron chi connectivity index (χ1n) is 7.36. The second-order valence-corrected chi connectivity index (χ2v) is 6.25. The standard InChI is InChI=1S/C14H27O6P/c1-4-7-8-10-19-21(16,17)20-12-13(9-5-2)11-18-14(15)6-3/h6,13H,3-5,7-12H2,1-2H3,(H,16,17). The van der Waals surface area contributed by atoms with E-state index < -0.39 is 13.8 Å². The lowest BCUT2D eigenvalue weighted by molar-refractivity contribution is -0.139. The molecule has 0 saturated carbocycles. The maximum Gasteiger partial charge on any atom is 0.472 e. The van der Waals surface area contributed by atoms with E-state index in [0.717, 1.165) is 38.2 Å². The Hall–Kier alpha value is -0.680. The molecule has 0 aromatic carbocycles. The van der Waals surface area contributed by atoms with Crippen LogP contribution in [0, 0.1) is 5.92 Å². The number of phosphoric acid groups is 1. The van der Waals surface area contributed by atoms with Gasteiger partial charge in [-0.25, -0.2) is 9.36 Å². The number of hydrogen-bond donors (Lipinski definition) is 1. The first kappa shape index (κ1) is 20.3. The van der Waals surface area contributed by atoms with Crippen molar-refractivity contribution in [3.05, 3.63) is 12.7 Å². The van der Waals surface area contributed by atoms with E-state index in [9.17, 15) is 14.3 Å². The SMILES string of the molecule is C=CC(=O)OCC(CCC)COP(=O)(O)OCCCCC. The smallest absolute Gasteiger partial charge is 0.462 e. The highest BCUT2D eigenvalue weighted by molar-refractivity contribution is 7.47. The number of hydrogen-bond acceptors (Lipinski definition) is 5. The summed E-state index contributed by atoms with van der Waals surface area (Å²) in [6.45, 7) is 7.67. The molecule has 0 radical (unpaired) electrons. The van der Waals surface area contributed by atoms with Crippen LogP contribution in [0.5, 0.6) is 0 Å². The molecule has 0 heterocycles. The van der Waals surface area contributed by atoms with Crippen LogP contribution in [0.15, 0.2) is 12.7 Å². The van der Waals surface area contributed by atoms with Gasteiger partial charge in [-0.3, -0.25) is 9.05 Å². The fourth-order valence-corrected chi connectivity index (χ4v) is 2.48. The van der Waals surface area contributed by atoms with Crippen molar-refractivity contribution in [3.63, 3.8) is 0 Å². The quantitative estimate of drug-likeness (QED) is 0.242. The van der Waals surface area contributed by atoms with Gasteiger partial charge in [-0.15, -0.1) is 0 Å². The Morgan fingerprint density at radius 2 is 1.95 bits per heavy atom. The van der Waals surface area contributed by atoms with E-state index in [2.05, 4.69) is 6.58 Å². The molecule has 0 rings (SSSR count). The normalized spacial score (nSPS) is 15.2. The van der Waals surface area contributed by atoms with E-state index in [1.54, 1.807) is 0 Å². The molecule has 0 aromatic rings. The first-order chi connectivity index (χ1) is 9.95. The number of carbonyl (C=O) groups excluding carboxylic acids is 1. The van der Waals surface area contributed by atoms with E-state index >= 15 is 0 Å². The summed E-state index contributed by atoms with van der Waals surface area (Å²) in [7, 11) is -4.03. The van der Waals surface area contributed by atoms with Gasteiger partial charge in [0, 0.05) is 12.0 Å². The maximum atomic E-state index is 11.7. The molecule has 0 aliphatic rings. The molecular weight excluding hydrogens is 295 g/mol. The second-order valence-electron chi connectivity index (χ2n) is 4.79. The lowest BCUT2D eigenvalue weighted by Crippen LogP contribution is -2.18. The molecule has 7 heteroatoms. The summed E-state index contributed by atoms with van der Waals surface area (Å²) in [5.74, 6) is -0.655. The fraction of sp³-hybridized carbons (Fsp3) is 0.786. The molecule has 0 spiro atoms. The van der Waals surface area contributed by atoms with Crippen molar-refractivity contribution >= 4 is 13.8 Å². The van der Waals surface area contributed by atoms with Gasteiger partial charge in [0.2, 0.25) is 0 Å². The van der Waals surface area contributed by atoms with Crippen LogP contribution in [0.2, 0.25) is 0 Å². The zero-order chi connectivity index (χ0) is 16.1. The molecule has 0 amide bonds. The molecule has 6 nitrogen and oxygen atoms in total. The predicted octanol–water partition coefficient (Wildman–Crippen LogP) is 3.46. The van der Waals surface area contributed by atoms with Crippen molar-refractivity contribution in [2.45, 2.75) is 46.0 Å². The number of phosphoric ester groups is 1. The van der Waals surface area contributed by atoms with E-state index in [4.69, 9.17) is 13.8 Å². The maximum absolute atomic E-state index is 11.7. The lowest BCUT2D eigenvalue weighted by atomic mass is 10.1. The van der Waals surface area contributed by atoms with Crippen LogP contribution >= 0.6 is 7.82 Å². The molecule has 0 aromatic heterocycles. The van der Waals surface area contributed by atoms with Crippen molar-refractivity contribution in [1.29, 1.82) is 0 Å². The summed E-state index contributed by atoms with van der Waals surface area (Å²) in [6.07, 6.45) is 5.33. The van der Waals surface area contributed by atoms with Crippen LogP contribution in [0.25, 0.3) is 0 Å².